The lowest BCUT2D eigenvalue weighted by molar-refractivity contribution is -0.134. The van der Waals surface area contributed by atoms with Crippen LogP contribution in [0.5, 0.6) is 5.75 Å². The van der Waals surface area contributed by atoms with E-state index in [-0.39, 0.29) is 18.0 Å². The van der Waals surface area contributed by atoms with Crippen LogP contribution in [0.3, 0.4) is 0 Å². The second kappa shape index (κ2) is 10.4. The van der Waals surface area contributed by atoms with Crippen molar-refractivity contribution in [3.63, 3.8) is 0 Å². The fourth-order valence-electron chi connectivity index (χ4n) is 3.32. The number of aromatic nitrogens is 1. The van der Waals surface area contributed by atoms with E-state index in [1.807, 2.05) is 0 Å². The van der Waals surface area contributed by atoms with Gasteiger partial charge in [0.1, 0.15) is 18.4 Å². The number of thiazole rings is 1. The van der Waals surface area contributed by atoms with Gasteiger partial charge in [-0.15, -0.1) is 11.3 Å². The molecule has 174 valence electrons. The summed E-state index contributed by atoms with van der Waals surface area (Å²) in [6, 6.07) is 3.46. The van der Waals surface area contributed by atoms with E-state index in [1.165, 1.54) is 41.1 Å². The highest BCUT2D eigenvalue weighted by molar-refractivity contribution is 7.89. The smallest absolute Gasteiger partial charge is 0.407 e. The predicted octanol–water partition coefficient (Wildman–Crippen LogP) is 1.76. The van der Waals surface area contributed by atoms with Crippen molar-refractivity contribution in [2.75, 3.05) is 13.7 Å². The van der Waals surface area contributed by atoms with Gasteiger partial charge in [0.2, 0.25) is 10.0 Å². The number of ether oxygens (including phenoxy) is 2. The number of amides is 2. The van der Waals surface area contributed by atoms with Crippen molar-refractivity contribution in [3.8, 4) is 5.75 Å². The molecular weight excluding hydrogens is 484 g/mol. The molecule has 1 aliphatic heterocycles. The molecule has 1 aromatic carbocycles. The van der Waals surface area contributed by atoms with E-state index in [0.717, 1.165) is 16.3 Å². The van der Waals surface area contributed by atoms with Crippen molar-refractivity contribution >= 4 is 45.0 Å². The average molecular weight is 505 g/mol. The van der Waals surface area contributed by atoms with E-state index in [4.69, 9.17) is 21.5 Å². The normalized spacial score (nSPS) is 19.2. The largest absolute Gasteiger partial charge is 0.488 e. The maximum absolute atomic E-state index is 13.3. The van der Waals surface area contributed by atoms with Crippen LogP contribution in [0.15, 0.2) is 35.4 Å². The van der Waals surface area contributed by atoms with Gasteiger partial charge in [-0.3, -0.25) is 10.0 Å². The molecule has 2 atom stereocenters. The summed E-state index contributed by atoms with van der Waals surface area (Å²) in [5.74, 6) is -0.528. The van der Waals surface area contributed by atoms with Crippen LogP contribution < -0.4 is 15.5 Å². The number of rotatable bonds is 7. The molecule has 11 nitrogen and oxygen atoms in total. The highest BCUT2D eigenvalue weighted by Crippen LogP contribution is 2.28. The summed E-state index contributed by atoms with van der Waals surface area (Å²) >= 11 is 7.06. The molecule has 0 saturated carbocycles. The first-order valence-electron chi connectivity index (χ1n) is 9.39. The number of piperidine rings is 1. The fraction of sp³-hybridized carbons (Fsp3) is 0.389. The second-order valence-corrected chi connectivity index (χ2v) is 10.3. The first-order valence-corrected chi connectivity index (χ1v) is 12.0. The molecule has 3 N–H and O–H groups in total. The van der Waals surface area contributed by atoms with Gasteiger partial charge in [-0.25, -0.2) is 23.7 Å². The molecule has 0 aliphatic carbocycles. The molecule has 1 saturated heterocycles. The van der Waals surface area contributed by atoms with Gasteiger partial charge in [0.15, 0.2) is 4.47 Å². The molecule has 2 unspecified atom stereocenters. The van der Waals surface area contributed by atoms with Crippen molar-refractivity contribution in [3.05, 3.63) is 39.8 Å². The third kappa shape index (κ3) is 5.48. The number of hydroxylamine groups is 1. The maximum Gasteiger partial charge on any atom is 0.407 e. The lowest BCUT2D eigenvalue weighted by Crippen LogP contribution is -2.62. The van der Waals surface area contributed by atoms with Crippen LogP contribution in [0, 0.1) is 0 Å². The molecule has 0 spiro atoms. The minimum Gasteiger partial charge on any atom is -0.488 e. The molecule has 2 aromatic rings. The molecule has 14 heteroatoms. The van der Waals surface area contributed by atoms with Crippen molar-refractivity contribution < 1.29 is 32.7 Å². The summed E-state index contributed by atoms with van der Waals surface area (Å²) in [6.07, 6.45) is 1.50. The zero-order chi connectivity index (χ0) is 23.3. The molecule has 2 heterocycles. The summed E-state index contributed by atoms with van der Waals surface area (Å²) in [6.45, 7) is 0.256. The Morgan fingerprint density at radius 3 is 2.66 bits per heavy atom. The van der Waals surface area contributed by atoms with E-state index >= 15 is 0 Å². The number of benzene rings is 1. The molecule has 1 aromatic heterocycles. The number of alkyl carbamates (subject to hydrolysis) is 1. The topological polar surface area (TPSA) is 147 Å². The number of sulfonamides is 1. The number of carbonyl (C=O) groups is 2. The maximum atomic E-state index is 13.3. The highest BCUT2D eigenvalue weighted by atomic mass is 35.5. The Morgan fingerprint density at radius 2 is 2.06 bits per heavy atom. The Labute approximate surface area is 193 Å². The van der Waals surface area contributed by atoms with Crippen LogP contribution in [0.25, 0.3) is 0 Å². The van der Waals surface area contributed by atoms with E-state index in [9.17, 15) is 18.0 Å². The minimum absolute atomic E-state index is 0.0319. The van der Waals surface area contributed by atoms with Crippen LogP contribution in [0.1, 0.15) is 17.7 Å². The van der Waals surface area contributed by atoms with Crippen molar-refractivity contribution in [2.24, 2.45) is 0 Å². The summed E-state index contributed by atoms with van der Waals surface area (Å²) < 4.78 is 38.1. The van der Waals surface area contributed by atoms with Gasteiger partial charge >= 0.3 is 6.09 Å². The lowest BCUT2D eigenvalue weighted by Gasteiger charge is -2.38. The van der Waals surface area contributed by atoms with Crippen molar-refractivity contribution in [1.29, 1.82) is 0 Å². The van der Waals surface area contributed by atoms with Gasteiger partial charge in [0.05, 0.1) is 22.9 Å². The van der Waals surface area contributed by atoms with E-state index < -0.39 is 34.1 Å². The predicted molar refractivity (Wildman–Crippen MR) is 114 cm³/mol. The molecule has 1 fully saturated rings. The van der Waals surface area contributed by atoms with Gasteiger partial charge in [-0.05, 0) is 37.1 Å². The van der Waals surface area contributed by atoms with Gasteiger partial charge in [-0.1, -0.05) is 11.6 Å². The van der Waals surface area contributed by atoms with Crippen LogP contribution >= 0.6 is 22.9 Å². The van der Waals surface area contributed by atoms with Crippen LogP contribution in [-0.2, 0) is 26.2 Å². The Morgan fingerprint density at radius 1 is 1.34 bits per heavy atom. The zero-order valence-electron chi connectivity index (χ0n) is 16.9. The molecule has 3 rings (SSSR count). The Bertz CT molecular complexity index is 1060. The monoisotopic (exact) mass is 504 g/mol. The molecular formula is C18H21ClN4O7S2. The molecule has 0 bridgehead atoms. The van der Waals surface area contributed by atoms with Gasteiger partial charge in [-0.2, -0.15) is 4.31 Å². The van der Waals surface area contributed by atoms with Crippen LogP contribution in [0.2, 0.25) is 4.47 Å². The van der Waals surface area contributed by atoms with Gasteiger partial charge in [0.25, 0.3) is 5.91 Å². The van der Waals surface area contributed by atoms with Gasteiger partial charge in [0, 0.05) is 12.7 Å². The van der Waals surface area contributed by atoms with Crippen molar-refractivity contribution in [2.45, 2.75) is 36.4 Å². The highest BCUT2D eigenvalue weighted by Gasteiger charge is 2.44. The number of methoxy groups -OCH3 is 1. The first-order chi connectivity index (χ1) is 15.3. The Balaban J connectivity index is 1.79. The summed E-state index contributed by atoms with van der Waals surface area (Å²) in [4.78, 5) is 28.6. The number of hydrogen-bond donors (Lipinski definition) is 3. The quantitative estimate of drug-likeness (QED) is 0.381. The number of nitrogens with one attached hydrogen (secondary N) is 2. The third-order valence-corrected chi connectivity index (χ3v) is 7.77. The molecule has 32 heavy (non-hydrogen) atoms. The van der Waals surface area contributed by atoms with Crippen molar-refractivity contribution in [1.82, 2.24) is 20.1 Å². The van der Waals surface area contributed by atoms with Crippen LogP contribution in [0.4, 0.5) is 4.79 Å². The summed E-state index contributed by atoms with van der Waals surface area (Å²) in [5.41, 5.74) is 1.48. The van der Waals surface area contributed by atoms with E-state index in [2.05, 4.69) is 15.0 Å². The Hall–Kier alpha value is -2.45. The number of halogens is 1. The lowest BCUT2D eigenvalue weighted by atomic mass is 9.98. The van der Waals surface area contributed by atoms with Gasteiger partial charge < -0.3 is 14.8 Å². The summed E-state index contributed by atoms with van der Waals surface area (Å²) in [5, 5.41) is 11.6. The number of carbonyl (C=O) groups excluding carboxylic acids is 2. The van der Waals surface area contributed by atoms with E-state index in [0.29, 0.717) is 23.1 Å². The fourth-order valence-corrected chi connectivity index (χ4v) is 5.88. The SMILES string of the molecule is COC(=O)NC1CCCN(S(=O)(=O)c2ccc(OCc3cnc(Cl)s3)cc2)C1C(=O)NO. The minimum atomic E-state index is -4.13. The molecule has 2 amide bonds. The second-order valence-electron chi connectivity index (χ2n) is 6.76. The zero-order valence-corrected chi connectivity index (χ0v) is 19.2. The first kappa shape index (κ1) is 24.2. The summed E-state index contributed by atoms with van der Waals surface area (Å²) in [7, 11) is -2.98. The molecule has 0 radical (unpaired) electrons. The third-order valence-electron chi connectivity index (χ3n) is 4.79. The number of hydrogen-bond acceptors (Lipinski definition) is 9. The average Bonchev–Trinajstić information content (AvgIpc) is 3.22. The van der Waals surface area contributed by atoms with E-state index in [1.54, 1.807) is 6.20 Å². The van der Waals surface area contributed by atoms with Crippen LogP contribution in [-0.4, -0.2) is 60.7 Å². The molecule has 1 aliphatic rings. The standard InChI is InChI=1S/C18H21ClN4O7S2/c1-29-18(25)21-14-3-2-8-23(15(14)16(24)22-26)32(27,28)13-6-4-11(5-7-13)30-10-12-9-20-17(19)31-12/h4-7,9,14-15,26H,2-3,8,10H2,1H3,(H,21,25)(H,22,24). The Kier molecular flexibility index (Phi) is 7.90. The number of nitrogens with zero attached hydrogens (tertiary/aromatic N) is 2.